The highest BCUT2D eigenvalue weighted by Gasteiger charge is 2.51. The number of carbonyl (C=O) groups is 2. The van der Waals surface area contributed by atoms with Crippen LogP contribution in [0.2, 0.25) is 0 Å². The Labute approximate surface area is 131 Å². The lowest BCUT2D eigenvalue weighted by Crippen LogP contribution is -2.68. The Kier molecular flexibility index (Phi) is 3.76. The summed E-state index contributed by atoms with van der Waals surface area (Å²) in [6, 6.07) is 3.12. The summed E-state index contributed by atoms with van der Waals surface area (Å²) in [7, 11) is 0. The van der Waals surface area contributed by atoms with E-state index in [9.17, 15) is 14.7 Å². The van der Waals surface area contributed by atoms with Gasteiger partial charge < -0.3 is 10.8 Å². The summed E-state index contributed by atoms with van der Waals surface area (Å²) in [5.41, 5.74) is 8.14. The largest absolute Gasteiger partial charge is 0.477 e. The minimum absolute atomic E-state index is 0.0354. The van der Waals surface area contributed by atoms with Gasteiger partial charge in [0.1, 0.15) is 17.1 Å². The van der Waals surface area contributed by atoms with Gasteiger partial charge in [-0.15, -0.1) is 11.8 Å². The second-order valence-electron chi connectivity index (χ2n) is 5.13. The van der Waals surface area contributed by atoms with Gasteiger partial charge in [0.25, 0.3) is 0 Å². The summed E-state index contributed by atoms with van der Waals surface area (Å²) in [5, 5.41) is 9.17. The number of aliphatic carboxylic acids is 1. The zero-order valence-electron chi connectivity index (χ0n) is 11.9. The van der Waals surface area contributed by atoms with Crippen LogP contribution < -0.4 is 5.73 Å². The van der Waals surface area contributed by atoms with Crippen LogP contribution in [-0.2, 0) is 9.59 Å². The number of rotatable bonds is 3. The number of carbonyl (C=O) groups excluding carboxylic acids is 1. The number of allylic oxidation sites excluding steroid dienone is 1. The maximum absolute atomic E-state index is 11.8. The molecule has 1 amide bonds. The molecule has 0 aliphatic carbocycles. The number of hydrogen-bond acceptors (Lipinski definition) is 5. The molecule has 2 aliphatic rings. The van der Waals surface area contributed by atoms with E-state index < -0.39 is 12.0 Å². The minimum Gasteiger partial charge on any atom is -0.477 e. The van der Waals surface area contributed by atoms with Crippen LogP contribution in [0.1, 0.15) is 11.3 Å². The summed E-state index contributed by atoms with van der Waals surface area (Å²) in [6.07, 6.45) is 5.27. The van der Waals surface area contributed by atoms with Crippen molar-refractivity contribution in [1.82, 2.24) is 9.88 Å². The number of hydrogen-bond donors (Lipinski definition) is 2. The monoisotopic (exact) mass is 317 g/mol. The van der Waals surface area contributed by atoms with E-state index >= 15 is 0 Å². The molecule has 3 N–H and O–H groups in total. The van der Waals surface area contributed by atoms with Crippen LogP contribution in [0.4, 0.5) is 0 Å². The van der Waals surface area contributed by atoms with Crippen LogP contribution in [0.15, 0.2) is 35.7 Å². The van der Waals surface area contributed by atoms with Crippen molar-refractivity contribution in [2.24, 2.45) is 5.73 Å². The molecule has 0 bridgehead atoms. The lowest BCUT2D eigenvalue weighted by molar-refractivity contribution is -0.147. The molecule has 1 fully saturated rings. The van der Waals surface area contributed by atoms with Crippen molar-refractivity contribution in [1.29, 1.82) is 0 Å². The summed E-state index contributed by atoms with van der Waals surface area (Å²) in [6.45, 7) is 1.88. The highest BCUT2D eigenvalue weighted by Crippen LogP contribution is 2.39. The molecule has 1 aromatic rings. The molecule has 114 valence electrons. The Balaban J connectivity index is 1.95. The van der Waals surface area contributed by atoms with Crippen LogP contribution in [0.3, 0.4) is 0 Å². The number of carboxylic acid groups (broad SMARTS) is 1. The van der Waals surface area contributed by atoms with Crippen molar-refractivity contribution >= 4 is 29.7 Å². The Morgan fingerprint density at radius 1 is 1.55 bits per heavy atom. The summed E-state index contributed by atoms with van der Waals surface area (Å²) >= 11 is 1.49. The number of amides is 1. The van der Waals surface area contributed by atoms with Gasteiger partial charge in [0, 0.05) is 17.6 Å². The fourth-order valence-corrected chi connectivity index (χ4v) is 3.80. The van der Waals surface area contributed by atoms with Gasteiger partial charge in [-0.1, -0.05) is 18.2 Å². The number of thioether (sulfide) groups is 1. The number of pyridine rings is 1. The fraction of sp³-hybridized carbons (Fsp3) is 0.267. The van der Waals surface area contributed by atoms with E-state index in [0.717, 1.165) is 11.3 Å². The fourth-order valence-electron chi connectivity index (χ4n) is 2.53. The molecule has 2 atom stereocenters. The second kappa shape index (κ2) is 5.58. The summed E-state index contributed by atoms with van der Waals surface area (Å²) in [5.74, 6) is -0.925. The normalized spacial score (nSPS) is 24.5. The van der Waals surface area contributed by atoms with E-state index in [1.54, 1.807) is 12.3 Å². The van der Waals surface area contributed by atoms with Crippen molar-refractivity contribution in [2.75, 3.05) is 5.75 Å². The number of nitrogens with zero attached hydrogens (tertiary/aromatic N) is 2. The number of aromatic nitrogens is 1. The van der Waals surface area contributed by atoms with Gasteiger partial charge in [0.05, 0.1) is 0 Å². The first-order chi connectivity index (χ1) is 10.5. The van der Waals surface area contributed by atoms with Crippen molar-refractivity contribution in [3.63, 3.8) is 0 Å². The van der Waals surface area contributed by atoms with Gasteiger partial charge >= 0.3 is 5.97 Å². The molecular formula is C15H15N3O3S. The lowest BCUT2D eigenvalue weighted by Gasteiger charge is -2.47. The van der Waals surface area contributed by atoms with E-state index in [1.807, 2.05) is 25.1 Å². The SMILES string of the molecule is Cc1ncccc1/C=C\C1=C(C(=O)O)N2C(=O)[C@@H](N)[C@@H]2SC1. The molecule has 0 unspecified atom stereocenters. The molecule has 2 aliphatic heterocycles. The van der Waals surface area contributed by atoms with Crippen molar-refractivity contribution in [3.05, 3.63) is 46.9 Å². The predicted octanol–water partition coefficient (Wildman–Crippen LogP) is 0.984. The molecule has 6 nitrogen and oxygen atoms in total. The average molecular weight is 317 g/mol. The smallest absolute Gasteiger partial charge is 0.352 e. The van der Waals surface area contributed by atoms with E-state index in [-0.39, 0.29) is 17.0 Å². The van der Waals surface area contributed by atoms with Crippen LogP contribution in [0.25, 0.3) is 6.08 Å². The summed E-state index contributed by atoms with van der Waals surface area (Å²) < 4.78 is 0. The van der Waals surface area contributed by atoms with Gasteiger partial charge in [-0.3, -0.25) is 14.7 Å². The third kappa shape index (κ3) is 2.32. The number of β-lactam (4-membered cyclic amide) rings is 1. The first-order valence-corrected chi connectivity index (χ1v) is 7.82. The first-order valence-electron chi connectivity index (χ1n) is 6.77. The molecule has 1 saturated heterocycles. The van der Waals surface area contributed by atoms with E-state index in [4.69, 9.17) is 5.73 Å². The Bertz CT molecular complexity index is 714. The summed E-state index contributed by atoms with van der Waals surface area (Å²) in [4.78, 5) is 28.9. The lowest BCUT2D eigenvalue weighted by atomic mass is 10.0. The number of nitrogens with two attached hydrogens (primary N) is 1. The minimum atomic E-state index is -1.10. The Morgan fingerprint density at radius 3 is 3.00 bits per heavy atom. The molecule has 1 aromatic heterocycles. The molecule has 7 heteroatoms. The molecule has 0 spiro atoms. The third-order valence-corrected chi connectivity index (χ3v) is 5.08. The topological polar surface area (TPSA) is 96.5 Å². The standard InChI is InChI=1S/C15H15N3O3S/c1-8-9(3-2-6-17-8)4-5-10-7-22-14-11(16)13(19)18(14)12(10)15(20)21/h2-6,11,14H,7,16H2,1H3,(H,20,21)/b5-4-/t11-,14+/m1/s1. The van der Waals surface area contributed by atoms with Crippen LogP contribution in [0.5, 0.6) is 0 Å². The van der Waals surface area contributed by atoms with Gasteiger partial charge in [0.2, 0.25) is 5.91 Å². The van der Waals surface area contributed by atoms with Crippen molar-refractivity contribution < 1.29 is 14.7 Å². The molecule has 0 saturated carbocycles. The molecule has 22 heavy (non-hydrogen) atoms. The first kappa shape index (κ1) is 14.8. The van der Waals surface area contributed by atoms with Crippen molar-refractivity contribution in [2.45, 2.75) is 18.3 Å². The number of fused-ring (bicyclic) bond motifs is 1. The van der Waals surface area contributed by atoms with Gasteiger partial charge in [-0.25, -0.2) is 4.79 Å². The van der Waals surface area contributed by atoms with Crippen LogP contribution in [-0.4, -0.2) is 44.0 Å². The molecule has 3 rings (SSSR count). The molecule has 3 heterocycles. The predicted molar refractivity (Wildman–Crippen MR) is 83.7 cm³/mol. The highest BCUT2D eigenvalue weighted by atomic mass is 32.2. The molecule has 0 aromatic carbocycles. The highest BCUT2D eigenvalue weighted by molar-refractivity contribution is 8.00. The van der Waals surface area contributed by atoms with Gasteiger partial charge in [-0.2, -0.15) is 0 Å². The zero-order valence-corrected chi connectivity index (χ0v) is 12.7. The van der Waals surface area contributed by atoms with Crippen LogP contribution in [0, 0.1) is 6.92 Å². The Morgan fingerprint density at radius 2 is 2.32 bits per heavy atom. The van der Waals surface area contributed by atoms with Crippen LogP contribution >= 0.6 is 11.8 Å². The van der Waals surface area contributed by atoms with E-state index in [1.165, 1.54) is 16.7 Å². The van der Waals surface area contributed by atoms with Gasteiger partial charge in [0.15, 0.2) is 0 Å². The Hall–Kier alpha value is -2.12. The third-order valence-electron chi connectivity index (χ3n) is 3.75. The number of aryl methyl sites for hydroxylation is 1. The average Bonchev–Trinajstić information content (AvgIpc) is 2.52. The van der Waals surface area contributed by atoms with E-state index in [2.05, 4.69) is 4.98 Å². The van der Waals surface area contributed by atoms with Crippen molar-refractivity contribution in [3.8, 4) is 0 Å². The maximum atomic E-state index is 11.8. The van der Waals surface area contributed by atoms with E-state index in [0.29, 0.717) is 11.3 Å². The van der Waals surface area contributed by atoms with Gasteiger partial charge in [-0.05, 0) is 24.1 Å². The quantitative estimate of drug-likeness (QED) is 0.807. The zero-order chi connectivity index (χ0) is 15.9. The molecule has 0 radical (unpaired) electrons. The maximum Gasteiger partial charge on any atom is 0.352 e. The number of carboxylic acids is 1. The molecular weight excluding hydrogens is 302 g/mol. The second-order valence-corrected chi connectivity index (χ2v) is 6.23.